The summed E-state index contributed by atoms with van der Waals surface area (Å²) in [4.78, 5) is 6.51. The maximum Gasteiger partial charge on any atom is 0.223 e. The second kappa shape index (κ2) is 4.42. The molecular formula is C13H16N4O. The maximum absolute atomic E-state index is 4.98. The van der Waals surface area contributed by atoms with E-state index in [9.17, 15) is 0 Å². The van der Waals surface area contributed by atoms with E-state index in [1.165, 1.54) is 5.69 Å². The molecular weight excluding hydrogens is 228 g/mol. The van der Waals surface area contributed by atoms with Crippen molar-refractivity contribution in [2.75, 3.05) is 25.0 Å². The van der Waals surface area contributed by atoms with Gasteiger partial charge in [-0.15, -0.1) is 0 Å². The van der Waals surface area contributed by atoms with Crippen LogP contribution in [0.5, 0.6) is 0 Å². The number of likely N-dealkylation sites (N-methyl/N-ethyl adjacent to an activating group) is 1. The van der Waals surface area contributed by atoms with Crippen LogP contribution in [0.2, 0.25) is 0 Å². The lowest BCUT2D eigenvalue weighted by Gasteiger charge is -2.37. The average molecular weight is 244 g/mol. The molecule has 1 saturated heterocycles. The minimum absolute atomic E-state index is 0.590. The first-order valence-corrected chi connectivity index (χ1v) is 6.08. The molecule has 0 aliphatic carbocycles. The molecule has 94 valence electrons. The van der Waals surface area contributed by atoms with Gasteiger partial charge in [-0.3, -0.25) is 0 Å². The molecule has 5 nitrogen and oxygen atoms in total. The number of aryl methyl sites for hydroxylation is 1. The van der Waals surface area contributed by atoms with Crippen molar-refractivity contribution in [2.24, 2.45) is 0 Å². The molecule has 2 aromatic rings. The van der Waals surface area contributed by atoms with E-state index in [2.05, 4.69) is 39.5 Å². The fourth-order valence-corrected chi connectivity index (χ4v) is 2.02. The molecule has 1 N–H and O–H groups in total. The Morgan fingerprint density at radius 2 is 2.00 bits per heavy atom. The normalized spacial score (nSPS) is 15.4. The van der Waals surface area contributed by atoms with E-state index < -0.39 is 0 Å². The maximum atomic E-state index is 4.98. The van der Waals surface area contributed by atoms with Gasteiger partial charge in [0, 0.05) is 38.3 Å². The summed E-state index contributed by atoms with van der Waals surface area (Å²) < 4.78 is 4.98. The highest BCUT2D eigenvalue weighted by Gasteiger charge is 2.21. The number of nitrogens with one attached hydrogen (secondary N) is 1. The fourth-order valence-electron chi connectivity index (χ4n) is 2.02. The van der Waals surface area contributed by atoms with Crippen LogP contribution >= 0.6 is 0 Å². The van der Waals surface area contributed by atoms with Crippen molar-refractivity contribution in [1.29, 1.82) is 0 Å². The third kappa shape index (κ3) is 1.97. The molecule has 0 radical (unpaired) electrons. The summed E-state index contributed by atoms with van der Waals surface area (Å²) in [5.74, 6) is 1.23. The summed E-state index contributed by atoms with van der Waals surface area (Å²) in [6.45, 7) is 3.91. The molecule has 18 heavy (non-hydrogen) atoms. The zero-order chi connectivity index (χ0) is 12.5. The Hall–Kier alpha value is -1.88. The van der Waals surface area contributed by atoms with Crippen molar-refractivity contribution in [3.8, 4) is 11.4 Å². The van der Waals surface area contributed by atoms with E-state index in [4.69, 9.17) is 4.52 Å². The molecule has 0 spiro atoms. The Kier molecular flexibility index (Phi) is 2.76. The van der Waals surface area contributed by atoms with Gasteiger partial charge in [0.15, 0.2) is 0 Å². The van der Waals surface area contributed by atoms with Crippen LogP contribution in [-0.4, -0.2) is 36.3 Å². The number of benzene rings is 1. The quantitative estimate of drug-likeness (QED) is 0.885. The summed E-state index contributed by atoms with van der Waals surface area (Å²) in [5, 5.41) is 7.19. The van der Waals surface area contributed by atoms with Crippen molar-refractivity contribution in [1.82, 2.24) is 15.5 Å². The van der Waals surface area contributed by atoms with Crippen LogP contribution < -0.4 is 10.2 Å². The van der Waals surface area contributed by atoms with E-state index in [1.807, 2.05) is 12.1 Å². The van der Waals surface area contributed by atoms with Gasteiger partial charge in [0.25, 0.3) is 0 Å². The lowest BCUT2D eigenvalue weighted by molar-refractivity contribution is 0.394. The molecule has 1 aromatic heterocycles. The van der Waals surface area contributed by atoms with E-state index in [1.54, 1.807) is 6.92 Å². The Morgan fingerprint density at radius 3 is 2.50 bits per heavy atom. The van der Waals surface area contributed by atoms with Gasteiger partial charge < -0.3 is 14.7 Å². The van der Waals surface area contributed by atoms with Crippen LogP contribution in [0.1, 0.15) is 5.89 Å². The second-order valence-electron chi connectivity index (χ2n) is 4.61. The molecule has 0 amide bonds. The average Bonchev–Trinajstić information content (AvgIpc) is 2.74. The van der Waals surface area contributed by atoms with Crippen molar-refractivity contribution in [3.63, 3.8) is 0 Å². The molecule has 1 fully saturated rings. The fraction of sp³-hybridized carbons (Fsp3) is 0.385. The topological polar surface area (TPSA) is 54.2 Å². The number of anilines is 1. The number of aromatic nitrogens is 2. The van der Waals surface area contributed by atoms with Crippen LogP contribution in [0.4, 0.5) is 5.69 Å². The van der Waals surface area contributed by atoms with Crippen LogP contribution in [-0.2, 0) is 0 Å². The third-order valence-electron chi connectivity index (χ3n) is 3.37. The first-order chi connectivity index (χ1) is 8.74. The summed E-state index contributed by atoms with van der Waals surface area (Å²) >= 11 is 0. The van der Waals surface area contributed by atoms with E-state index >= 15 is 0 Å². The van der Waals surface area contributed by atoms with Crippen LogP contribution in [0.3, 0.4) is 0 Å². The Bertz CT molecular complexity index is 530. The minimum atomic E-state index is 0.590. The first-order valence-electron chi connectivity index (χ1n) is 6.08. The highest BCUT2D eigenvalue weighted by atomic mass is 16.5. The number of rotatable bonds is 3. The second-order valence-corrected chi connectivity index (χ2v) is 4.61. The zero-order valence-electron chi connectivity index (χ0n) is 10.6. The van der Waals surface area contributed by atoms with Gasteiger partial charge in [-0.05, 0) is 24.3 Å². The highest BCUT2D eigenvalue weighted by molar-refractivity contribution is 5.60. The molecule has 1 aromatic carbocycles. The monoisotopic (exact) mass is 244 g/mol. The van der Waals surface area contributed by atoms with Crippen molar-refractivity contribution in [2.45, 2.75) is 13.0 Å². The zero-order valence-corrected chi connectivity index (χ0v) is 10.6. The summed E-state index contributed by atoms with van der Waals surface area (Å²) in [6, 6.07) is 8.85. The summed E-state index contributed by atoms with van der Waals surface area (Å²) in [5.41, 5.74) is 2.20. The lowest BCUT2D eigenvalue weighted by atomic mass is 10.1. The Labute approximate surface area is 106 Å². The first kappa shape index (κ1) is 11.2. The molecule has 5 heteroatoms. The smallest absolute Gasteiger partial charge is 0.223 e. The van der Waals surface area contributed by atoms with Crippen molar-refractivity contribution >= 4 is 5.69 Å². The van der Waals surface area contributed by atoms with Crippen LogP contribution in [0.25, 0.3) is 11.4 Å². The molecule has 3 rings (SSSR count). The predicted molar refractivity (Wildman–Crippen MR) is 69.5 cm³/mol. The highest BCUT2D eigenvalue weighted by Crippen LogP contribution is 2.22. The largest absolute Gasteiger partial charge is 0.369 e. The van der Waals surface area contributed by atoms with Gasteiger partial charge in [-0.25, -0.2) is 0 Å². The van der Waals surface area contributed by atoms with Crippen molar-refractivity contribution in [3.05, 3.63) is 30.2 Å². The minimum Gasteiger partial charge on any atom is -0.369 e. The van der Waals surface area contributed by atoms with Crippen LogP contribution in [0.15, 0.2) is 28.8 Å². The van der Waals surface area contributed by atoms with Gasteiger partial charge in [-0.2, -0.15) is 4.98 Å². The number of hydrogen-bond donors (Lipinski definition) is 1. The number of nitrogens with zero attached hydrogens (tertiary/aromatic N) is 3. The van der Waals surface area contributed by atoms with E-state index in [0.717, 1.165) is 18.7 Å². The predicted octanol–water partition coefficient (Wildman–Crippen LogP) is 1.45. The Balaban J connectivity index is 1.80. The van der Waals surface area contributed by atoms with Gasteiger partial charge in [0.2, 0.25) is 11.7 Å². The Morgan fingerprint density at radius 1 is 1.28 bits per heavy atom. The molecule has 2 heterocycles. The SMILES string of the molecule is Cc1nc(-c2ccc(N(C)C3CNC3)cc2)no1. The van der Waals surface area contributed by atoms with Gasteiger partial charge in [0.1, 0.15) is 0 Å². The summed E-state index contributed by atoms with van der Waals surface area (Å²) in [7, 11) is 2.12. The van der Waals surface area contributed by atoms with Gasteiger partial charge >= 0.3 is 0 Å². The molecule has 0 atom stereocenters. The van der Waals surface area contributed by atoms with E-state index in [0.29, 0.717) is 17.8 Å². The van der Waals surface area contributed by atoms with Crippen LogP contribution in [0, 0.1) is 6.92 Å². The molecule has 0 saturated carbocycles. The molecule has 1 aliphatic rings. The molecule has 0 bridgehead atoms. The van der Waals surface area contributed by atoms with Gasteiger partial charge in [-0.1, -0.05) is 5.16 Å². The lowest BCUT2D eigenvalue weighted by Crippen LogP contribution is -2.56. The number of hydrogen-bond acceptors (Lipinski definition) is 5. The summed E-state index contributed by atoms with van der Waals surface area (Å²) in [6.07, 6.45) is 0. The van der Waals surface area contributed by atoms with Gasteiger partial charge in [0.05, 0.1) is 6.04 Å². The van der Waals surface area contributed by atoms with E-state index in [-0.39, 0.29) is 0 Å². The molecule has 1 aliphatic heterocycles. The van der Waals surface area contributed by atoms with Crippen molar-refractivity contribution < 1.29 is 4.52 Å². The third-order valence-corrected chi connectivity index (χ3v) is 3.37. The molecule has 0 unspecified atom stereocenters. The standard InChI is InChI=1S/C13H16N4O/c1-9-15-13(16-18-9)10-3-5-11(6-4-10)17(2)12-7-14-8-12/h3-6,12,14H,7-8H2,1-2H3.